The van der Waals surface area contributed by atoms with Crippen LogP contribution in [0.15, 0.2) is 36.7 Å². The Labute approximate surface area is 250 Å². The largest absolute Gasteiger partial charge is 0.495 e. The first-order valence-corrected chi connectivity index (χ1v) is 13.8. The van der Waals surface area contributed by atoms with Gasteiger partial charge in [-0.05, 0) is 48.5 Å². The number of likely N-dealkylation sites (tertiary alicyclic amines) is 1. The Kier molecular flexibility index (Phi) is 8.73. The highest BCUT2D eigenvalue weighted by Crippen LogP contribution is 2.29. The first kappa shape index (κ1) is 30.7. The summed E-state index contributed by atoms with van der Waals surface area (Å²) in [4.78, 5) is 20.7. The summed E-state index contributed by atoms with van der Waals surface area (Å²) in [5.41, 5.74) is 1.84. The number of piperidine rings is 1. The van der Waals surface area contributed by atoms with Crippen molar-refractivity contribution in [2.24, 2.45) is 13.0 Å². The number of fused-ring (bicyclic) bond motifs is 1. The Morgan fingerprint density at radius 3 is 2.66 bits per heavy atom. The summed E-state index contributed by atoms with van der Waals surface area (Å²) in [7, 11) is 4.98. The van der Waals surface area contributed by atoms with Gasteiger partial charge in [0.2, 0.25) is 5.82 Å². The number of ether oxygens (including phenoxy) is 1. The van der Waals surface area contributed by atoms with E-state index in [1.54, 1.807) is 32.3 Å². The third-order valence-electron chi connectivity index (χ3n) is 7.27. The molecule has 2 aromatic heterocycles. The highest BCUT2D eigenvalue weighted by molar-refractivity contribution is 6.05. The van der Waals surface area contributed by atoms with Gasteiger partial charge in [-0.3, -0.25) is 4.79 Å². The Bertz CT molecular complexity index is 1710. The number of tetrazole rings is 1. The van der Waals surface area contributed by atoms with Gasteiger partial charge in [0, 0.05) is 24.2 Å². The maximum absolute atomic E-state index is 14.9. The molecule has 232 valence electrons. The van der Waals surface area contributed by atoms with Crippen molar-refractivity contribution in [3.63, 3.8) is 0 Å². The monoisotopic (exact) mass is 613 g/mol. The number of alkyl halides is 4. The van der Waals surface area contributed by atoms with Gasteiger partial charge in [0.25, 0.3) is 5.91 Å². The summed E-state index contributed by atoms with van der Waals surface area (Å²) >= 11 is 0. The number of nitrogens with zero attached hydrogens (tertiary/aromatic N) is 7. The number of halogens is 4. The predicted molar refractivity (Wildman–Crippen MR) is 155 cm³/mol. The number of aromatic nitrogens is 6. The predicted octanol–water partition coefficient (Wildman–Crippen LogP) is 3.28. The quantitative estimate of drug-likeness (QED) is 0.241. The molecule has 3 atom stereocenters. The molecule has 3 heterocycles. The molecular weight excluding hydrogens is 582 g/mol. The number of rotatable bonds is 7. The molecule has 2 aromatic carbocycles. The molecule has 15 heteroatoms. The van der Waals surface area contributed by atoms with E-state index >= 15 is 0 Å². The fourth-order valence-electron chi connectivity index (χ4n) is 5.30. The average molecular weight is 614 g/mol. The standard InChI is InChI=1S/C29H31F4N9O2/c1-17-13-40(2)14-21(30)25(17)36-28(43)20-10-18(11-23-26(20)35-16-42(23)15-29(31,32)33)6-5-9-34-22-8-7-19(12-24(22)44-4)27-37-39-41(3)38-27/h7-8,10-12,16-17,21,25,34H,9,13-15H2,1-4H3,(H,36,43)/t17-,21-,25+/m0/s1. The van der Waals surface area contributed by atoms with Gasteiger partial charge in [-0.1, -0.05) is 18.8 Å². The Hall–Kier alpha value is -4.71. The van der Waals surface area contributed by atoms with Gasteiger partial charge in [-0.25, -0.2) is 9.37 Å². The molecule has 0 radical (unpaired) electrons. The first-order valence-electron chi connectivity index (χ1n) is 13.8. The lowest BCUT2D eigenvalue weighted by Crippen LogP contribution is -2.56. The van der Waals surface area contributed by atoms with Crippen LogP contribution in [0.5, 0.6) is 5.75 Å². The molecule has 2 N–H and O–H groups in total. The molecule has 1 aliphatic heterocycles. The number of methoxy groups -OCH3 is 1. The summed E-state index contributed by atoms with van der Waals surface area (Å²) in [5, 5.41) is 17.9. The van der Waals surface area contributed by atoms with Crippen LogP contribution in [-0.4, -0.2) is 92.7 Å². The molecule has 1 saturated heterocycles. The van der Waals surface area contributed by atoms with Crippen LogP contribution in [0.25, 0.3) is 22.4 Å². The van der Waals surface area contributed by atoms with Gasteiger partial charge in [0.1, 0.15) is 24.0 Å². The molecule has 0 saturated carbocycles. The molecular formula is C29H31F4N9O2. The smallest absolute Gasteiger partial charge is 0.406 e. The maximum atomic E-state index is 14.9. The van der Waals surface area contributed by atoms with E-state index in [1.807, 2.05) is 11.8 Å². The number of hydrogen-bond donors (Lipinski definition) is 2. The molecule has 44 heavy (non-hydrogen) atoms. The lowest BCUT2D eigenvalue weighted by Gasteiger charge is -2.37. The number of anilines is 1. The van der Waals surface area contributed by atoms with Gasteiger partial charge in [0.05, 0.1) is 49.8 Å². The van der Waals surface area contributed by atoms with E-state index < -0.39 is 30.8 Å². The second kappa shape index (κ2) is 12.5. The Morgan fingerprint density at radius 1 is 1.18 bits per heavy atom. The summed E-state index contributed by atoms with van der Waals surface area (Å²) in [6, 6.07) is 7.49. The van der Waals surface area contributed by atoms with Gasteiger partial charge in [-0.2, -0.15) is 18.0 Å². The zero-order valence-corrected chi connectivity index (χ0v) is 24.5. The van der Waals surface area contributed by atoms with Crippen LogP contribution in [-0.2, 0) is 13.6 Å². The van der Waals surface area contributed by atoms with Crippen molar-refractivity contribution >= 4 is 22.6 Å². The fourth-order valence-corrected chi connectivity index (χ4v) is 5.30. The summed E-state index contributed by atoms with van der Waals surface area (Å²) in [6.07, 6.45) is -4.77. The first-order chi connectivity index (χ1) is 20.9. The second-order valence-corrected chi connectivity index (χ2v) is 10.8. The number of benzene rings is 2. The van der Waals surface area contributed by atoms with Gasteiger partial charge in [-0.15, -0.1) is 10.2 Å². The minimum atomic E-state index is -4.51. The third-order valence-corrected chi connectivity index (χ3v) is 7.27. The molecule has 0 aliphatic carbocycles. The number of nitrogens with one attached hydrogen (secondary N) is 2. The number of hydrogen-bond acceptors (Lipinski definition) is 8. The molecule has 1 aliphatic rings. The van der Waals surface area contributed by atoms with Crippen LogP contribution in [0.4, 0.5) is 23.2 Å². The van der Waals surface area contributed by atoms with E-state index in [2.05, 4.69) is 42.9 Å². The number of aryl methyl sites for hydroxylation is 1. The van der Waals surface area contributed by atoms with E-state index in [-0.39, 0.29) is 35.6 Å². The van der Waals surface area contributed by atoms with E-state index in [9.17, 15) is 22.4 Å². The van der Waals surface area contributed by atoms with Crippen molar-refractivity contribution in [3.05, 3.63) is 47.8 Å². The molecule has 1 fully saturated rings. The van der Waals surface area contributed by atoms with Gasteiger partial charge >= 0.3 is 6.18 Å². The van der Waals surface area contributed by atoms with Crippen LogP contribution >= 0.6 is 0 Å². The zero-order valence-electron chi connectivity index (χ0n) is 24.5. The molecule has 5 rings (SSSR count). The zero-order chi connectivity index (χ0) is 31.6. The van der Waals surface area contributed by atoms with E-state index in [4.69, 9.17) is 4.74 Å². The van der Waals surface area contributed by atoms with Gasteiger partial charge < -0.3 is 24.8 Å². The average Bonchev–Trinajstić information content (AvgIpc) is 3.57. The van der Waals surface area contributed by atoms with Crippen molar-refractivity contribution in [2.75, 3.05) is 39.1 Å². The van der Waals surface area contributed by atoms with Crippen LogP contribution in [0.3, 0.4) is 0 Å². The molecule has 1 amide bonds. The van der Waals surface area contributed by atoms with Crippen LogP contribution in [0.1, 0.15) is 22.8 Å². The van der Waals surface area contributed by atoms with Crippen LogP contribution < -0.4 is 15.4 Å². The molecule has 11 nitrogen and oxygen atoms in total. The molecule has 0 spiro atoms. The highest BCUT2D eigenvalue weighted by Gasteiger charge is 2.35. The lowest BCUT2D eigenvalue weighted by atomic mass is 9.92. The Balaban J connectivity index is 1.40. The summed E-state index contributed by atoms with van der Waals surface area (Å²) in [5.74, 6) is 6.01. The van der Waals surface area contributed by atoms with E-state index in [0.717, 1.165) is 10.9 Å². The summed E-state index contributed by atoms with van der Waals surface area (Å²) < 4.78 is 61.2. The van der Waals surface area contributed by atoms with Crippen molar-refractivity contribution in [3.8, 4) is 29.0 Å². The summed E-state index contributed by atoms with van der Waals surface area (Å²) in [6.45, 7) is 1.45. The van der Waals surface area contributed by atoms with Crippen molar-refractivity contribution in [1.82, 2.24) is 40.0 Å². The molecule has 4 aromatic rings. The topological polar surface area (TPSA) is 115 Å². The minimum absolute atomic E-state index is 0.0221. The lowest BCUT2D eigenvalue weighted by molar-refractivity contribution is -0.139. The van der Waals surface area contributed by atoms with Crippen molar-refractivity contribution in [1.29, 1.82) is 0 Å². The third kappa shape index (κ3) is 6.91. The SMILES string of the molecule is COc1cc(-c2nnn(C)n2)ccc1NCC#Cc1cc(C(=O)N[C@@H]2[C@@H](C)CN(C)C[C@@H]2F)c2ncn(CC(F)(F)F)c2c1. The molecule has 0 unspecified atom stereocenters. The van der Waals surface area contributed by atoms with Crippen molar-refractivity contribution in [2.45, 2.75) is 31.9 Å². The number of carbonyl (C=O) groups is 1. The minimum Gasteiger partial charge on any atom is -0.495 e. The number of amides is 1. The van der Waals surface area contributed by atoms with Crippen LogP contribution in [0, 0.1) is 17.8 Å². The maximum Gasteiger partial charge on any atom is 0.406 e. The molecule has 0 bridgehead atoms. The van der Waals surface area contributed by atoms with Gasteiger partial charge in [0.15, 0.2) is 0 Å². The van der Waals surface area contributed by atoms with Crippen LogP contribution in [0.2, 0.25) is 0 Å². The van der Waals surface area contributed by atoms with Crippen molar-refractivity contribution < 1.29 is 27.1 Å². The Morgan fingerprint density at radius 2 is 1.98 bits per heavy atom. The van der Waals surface area contributed by atoms with E-state index in [1.165, 1.54) is 24.0 Å². The second-order valence-electron chi connectivity index (χ2n) is 10.8. The highest BCUT2D eigenvalue weighted by atomic mass is 19.4. The fraction of sp³-hybridized carbons (Fsp3) is 0.414. The van der Waals surface area contributed by atoms with E-state index in [0.29, 0.717) is 34.9 Å². The normalized spacial score (nSPS) is 19.0. The number of carbonyl (C=O) groups excluding carboxylic acids is 1. The number of imidazole rings is 1.